The fraction of sp³-hybridized carbons (Fsp3) is 0.226. The van der Waals surface area contributed by atoms with Crippen molar-refractivity contribution in [1.29, 1.82) is 0 Å². The van der Waals surface area contributed by atoms with Gasteiger partial charge in [0.2, 0.25) is 0 Å². The van der Waals surface area contributed by atoms with E-state index in [2.05, 4.69) is 107 Å². The highest BCUT2D eigenvalue weighted by atomic mass is 16.5. The van der Waals surface area contributed by atoms with Gasteiger partial charge in [-0.1, -0.05) is 43.3 Å². The van der Waals surface area contributed by atoms with Gasteiger partial charge in [-0.3, -0.25) is 0 Å². The van der Waals surface area contributed by atoms with E-state index in [4.69, 9.17) is 9.47 Å². The first-order valence-electron chi connectivity index (χ1n) is 11.6. The number of benzene rings is 4. The minimum Gasteiger partial charge on any atom is -0.457 e. The van der Waals surface area contributed by atoms with Crippen LogP contribution in [0.4, 0.5) is 0 Å². The maximum atomic E-state index is 6.06. The van der Waals surface area contributed by atoms with Gasteiger partial charge in [0.1, 0.15) is 23.0 Å². The zero-order valence-electron chi connectivity index (χ0n) is 20.2. The fourth-order valence-corrected chi connectivity index (χ4v) is 4.03. The van der Waals surface area contributed by atoms with Gasteiger partial charge in [-0.15, -0.1) is 0 Å². The molecule has 0 unspecified atom stereocenters. The number of rotatable bonds is 7. The average Bonchev–Trinajstić information content (AvgIpc) is 2.81. The van der Waals surface area contributed by atoms with Gasteiger partial charge in [0.25, 0.3) is 0 Å². The average molecular weight is 437 g/mol. The predicted octanol–water partition coefficient (Wildman–Crippen LogP) is 9.05. The van der Waals surface area contributed by atoms with Gasteiger partial charge >= 0.3 is 0 Å². The van der Waals surface area contributed by atoms with Crippen molar-refractivity contribution in [3.63, 3.8) is 0 Å². The van der Waals surface area contributed by atoms with E-state index in [9.17, 15) is 0 Å². The van der Waals surface area contributed by atoms with Crippen LogP contribution in [0.1, 0.15) is 52.6 Å². The summed E-state index contributed by atoms with van der Waals surface area (Å²) < 4.78 is 12.1. The first-order chi connectivity index (χ1) is 15.9. The smallest absolute Gasteiger partial charge is 0.127 e. The molecule has 2 nitrogen and oxygen atoms in total. The van der Waals surface area contributed by atoms with Gasteiger partial charge in [-0.05, 0) is 116 Å². The van der Waals surface area contributed by atoms with Crippen LogP contribution in [-0.2, 0) is 0 Å². The highest BCUT2D eigenvalue weighted by Crippen LogP contribution is 2.32. The Labute approximate surface area is 197 Å². The van der Waals surface area contributed by atoms with Crippen molar-refractivity contribution in [2.45, 2.75) is 47.0 Å². The summed E-state index contributed by atoms with van der Waals surface area (Å²) in [5.74, 6) is 3.79. The molecule has 4 aromatic carbocycles. The monoisotopic (exact) mass is 436 g/mol. The second-order valence-electron chi connectivity index (χ2n) is 8.80. The third-order valence-corrected chi connectivity index (χ3v) is 6.40. The molecule has 0 fully saturated rings. The zero-order valence-corrected chi connectivity index (χ0v) is 20.2. The quantitative estimate of drug-likeness (QED) is 0.288. The molecule has 0 amide bonds. The molecule has 0 aliphatic rings. The van der Waals surface area contributed by atoms with E-state index in [1.54, 1.807) is 0 Å². The van der Waals surface area contributed by atoms with E-state index in [0.717, 1.165) is 29.4 Å². The van der Waals surface area contributed by atoms with Gasteiger partial charge in [0, 0.05) is 5.92 Å². The molecule has 0 N–H and O–H groups in total. The molecule has 168 valence electrons. The summed E-state index contributed by atoms with van der Waals surface area (Å²) in [6, 6.07) is 29.3. The normalized spacial score (nSPS) is 11.0. The Balaban J connectivity index is 1.46. The van der Waals surface area contributed by atoms with E-state index < -0.39 is 0 Å². The Morgan fingerprint density at radius 3 is 1.18 bits per heavy atom. The summed E-state index contributed by atoms with van der Waals surface area (Å²) in [5, 5.41) is 0. The highest BCUT2D eigenvalue weighted by molar-refractivity contribution is 5.42. The summed E-state index contributed by atoms with van der Waals surface area (Å²) in [6.45, 7) is 10.7. The SMILES string of the molecule is CCC(c1ccc(Oc2ccc(C)c(C)c2)cc1)c1ccc(Oc2ccc(C)c(C)c2)cc1. The van der Waals surface area contributed by atoms with Crippen LogP contribution in [0.15, 0.2) is 84.9 Å². The minimum atomic E-state index is 0.330. The molecule has 0 bridgehead atoms. The van der Waals surface area contributed by atoms with Crippen LogP contribution in [-0.4, -0.2) is 0 Å². The van der Waals surface area contributed by atoms with Crippen molar-refractivity contribution >= 4 is 0 Å². The Kier molecular flexibility index (Phi) is 6.84. The molecule has 0 heterocycles. The van der Waals surface area contributed by atoms with Gasteiger partial charge in [0.15, 0.2) is 0 Å². The molecular formula is C31H32O2. The fourth-order valence-electron chi connectivity index (χ4n) is 4.03. The van der Waals surface area contributed by atoms with Crippen LogP contribution >= 0.6 is 0 Å². The second-order valence-corrected chi connectivity index (χ2v) is 8.80. The standard InChI is InChI=1S/C31H32O2/c1-6-31(25-9-15-27(16-10-25)32-29-13-7-21(2)23(4)19-29)26-11-17-28(18-12-26)33-30-14-8-22(3)24(5)20-30/h7-20,31H,6H2,1-5H3. The first kappa shape index (κ1) is 22.7. The van der Waals surface area contributed by atoms with Crippen molar-refractivity contribution in [3.05, 3.63) is 118 Å². The summed E-state index contributed by atoms with van der Waals surface area (Å²) in [4.78, 5) is 0. The lowest BCUT2D eigenvalue weighted by molar-refractivity contribution is 0.481. The summed E-state index contributed by atoms with van der Waals surface area (Å²) in [7, 11) is 0. The third-order valence-electron chi connectivity index (χ3n) is 6.40. The molecule has 4 aromatic rings. The van der Waals surface area contributed by atoms with Crippen LogP contribution in [0, 0.1) is 27.7 Å². The number of hydrogen-bond acceptors (Lipinski definition) is 2. The van der Waals surface area contributed by atoms with E-state index in [1.807, 2.05) is 12.1 Å². The number of ether oxygens (including phenoxy) is 2. The lowest BCUT2D eigenvalue weighted by Crippen LogP contribution is -2.00. The summed E-state index contributed by atoms with van der Waals surface area (Å²) >= 11 is 0. The van der Waals surface area contributed by atoms with Crippen molar-refractivity contribution in [2.75, 3.05) is 0 Å². The number of hydrogen-bond donors (Lipinski definition) is 0. The Hall–Kier alpha value is -3.52. The molecule has 0 aliphatic heterocycles. The second kappa shape index (κ2) is 9.95. The lowest BCUT2D eigenvalue weighted by Gasteiger charge is -2.17. The third kappa shape index (κ3) is 5.46. The topological polar surface area (TPSA) is 18.5 Å². The van der Waals surface area contributed by atoms with Crippen molar-refractivity contribution < 1.29 is 9.47 Å². The maximum Gasteiger partial charge on any atom is 0.127 e. The molecule has 0 saturated heterocycles. The molecule has 0 saturated carbocycles. The van der Waals surface area contributed by atoms with E-state index in [1.165, 1.54) is 33.4 Å². The van der Waals surface area contributed by atoms with Gasteiger partial charge < -0.3 is 9.47 Å². The van der Waals surface area contributed by atoms with Crippen molar-refractivity contribution in [1.82, 2.24) is 0 Å². The van der Waals surface area contributed by atoms with Crippen LogP contribution in [0.5, 0.6) is 23.0 Å². The zero-order chi connectivity index (χ0) is 23.4. The molecule has 4 rings (SSSR count). The van der Waals surface area contributed by atoms with Gasteiger partial charge in [0.05, 0.1) is 0 Å². The van der Waals surface area contributed by atoms with Crippen LogP contribution < -0.4 is 9.47 Å². The van der Waals surface area contributed by atoms with E-state index >= 15 is 0 Å². The summed E-state index contributed by atoms with van der Waals surface area (Å²) in [5.41, 5.74) is 7.59. The molecule has 0 spiro atoms. The van der Waals surface area contributed by atoms with Crippen molar-refractivity contribution in [3.8, 4) is 23.0 Å². The Morgan fingerprint density at radius 1 is 0.485 bits per heavy atom. The predicted molar refractivity (Wildman–Crippen MR) is 137 cm³/mol. The number of aryl methyl sites for hydroxylation is 4. The Morgan fingerprint density at radius 2 is 0.848 bits per heavy atom. The molecular weight excluding hydrogens is 404 g/mol. The first-order valence-corrected chi connectivity index (χ1v) is 11.6. The molecule has 2 heteroatoms. The van der Waals surface area contributed by atoms with Crippen LogP contribution in [0.25, 0.3) is 0 Å². The van der Waals surface area contributed by atoms with Crippen LogP contribution in [0.3, 0.4) is 0 Å². The van der Waals surface area contributed by atoms with E-state index in [0.29, 0.717) is 5.92 Å². The van der Waals surface area contributed by atoms with Crippen LogP contribution in [0.2, 0.25) is 0 Å². The largest absolute Gasteiger partial charge is 0.457 e. The maximum absolute atomic E-state index is 6.06. The molecule has 33 heavy (non-hydrogen) atoms. The van der Waals surface area contributed by atoms with Gasteiger partial charge in [-0.2, -0.15) is 0 Å². The van der Waals surface area contributed by atoms with Gasteiger partial charge in [-0.25, -0.2) is 0 Å². The lowest BCUT2D eigenvalue weighted by atomic mass is 9.89. The molecule has 0 radical (unpaired) electrons. The summed E-state index contributed by atoms with van der Waals surface area (Å²) in [6.07, 6.45) is 1.02. The molecule has 0 atom stereocenters. The molecule has 0 aliphatic carbocycles. The van der Waals surface area contributed by atoms with E-state index in [-0.39, 0.29) is 0 Å². The highest BCUT2D eigenvalue weighted by Gasteiger charge is 2.13. The minimum absolute atomic E-state index is 0.330. The van der Waals surface area contributed by atoms with Crippen molar-refractivity contribution in [2.24, 2.45) is 0 Å². The molecule has 0 aromatic heterocycles. The Bertz CT molecular complexity index is 1120.